The smallest absolute Gasteiger partial charge is 0.108 e. The van der Waals surface area contributed by atoms with Crippen LogP contribution >= 0.6 is 11.6 Å². The molecule has 0 aliphatic heterocycles. The molecule has 23 heavy (non-hydrogen) atoms. The summed E-state index contributed by atoms with van der Waals surface area (Å²) >= 11 is 6.23. The fraction of sp³-hybridized carbons (Fsp3) is 0.0588. The lowest BCUT2D eigenvalue weighted by Gasteiger charge is -2.05. The molecule has 0 saturated heterocycles. The van der Waals surface area contributed by atoms with Gasteiger partial charge in [0.15, 0.2) is 0 Å². The first-order chi connectivity index (χ1) is 11.2. The zero-order chi connectivity index (χ0) is 15.8. The summed E-state index contributed by atoms with van der Waals surface area (Å²) in [5.41, 5.74) is 5.71. The molecule has 0 spiro atoms. The van der Waals surface area contributed by atoms with Gasteiger partial charge in [-0.1, -0.05) is 17.7 Å². The van der Waals surface area contributed by atoms with E-state index in [1.165, 1.54) is 0 Å². The van der Waals surface area contributed by atoms with Crippen molar-refractivity contribution in [2.75, 3.05) is 0 Å². The van der Waals surface area contributed by atoms with Gasteiger partial charge in [0.1, 0.15) is 5.52 Å². The number of hydrogen-bond donors (Lipinski definition) is 1. The number of nitrogens with one attached hydrogen (secondary N) is 1. The zero-order valence-corrected chi connectivity index (χ0v) is 13.0. The molecule has 1 N–H and O–H groups in total. The molecule has 0 saturated carbocycles. The SMILES string of the molecule is Cc1cccc(-c2[nH]ncc2-c2ccc3nccc(Cl)c3n2)n1. The third-order valence-corrected chi connectivity index (χ3v) is 3.90. The quantitative estimate of drug-likeness (QED) is 0.605. The Morgan fingerprint density at radius 1 is 1.00 bits per heavy atom. The fourth-order valence-electron chi connectivity index (χ4n) is 2.50. The highest BCUT2D eigenvalue weighted by atomic mass is 35.5. The molecule has 0 aromatic carbocycles. The van der Waals surface area contributed by atoms with E-state index in [-0.39, 0.29) is 0 Å². The number of hydrogen-bond acceptors (Lipinski definition) is 4. The molecule has 0 unspecified atom stereocenters. The predicted octanol–water partition coefficient (Wildman–Crippen LogP) is 4.04. The molecule has 0 aliphatic carbocycles. The van der Waals surface area contributed by atoms with E-state index in [1.807, 2.05) is 37.3 Å². The Morgan fingerprint density at radius 3 is 2.78 bits per heavy atom. The zero-order valence-electron chi connectivity index (χ0n) is 12.3. The van der Waals surface area contributed by atoms with E-state index in [1.54, 1.807) is 18.5 Å². The number of H-pyrrole nitrogens is 1. The molecule has 112 valence electrons. The molecule has 0 atom stereocenters. The van der Waals surface area contributed by atoms with Gasteiger partial charge in [-0.25, -0.2) is 4.98 Å². The number of nitrogens with zero attached hydrogens (tertiary/aromatic N) is 4. The molecular weight excluding hydrogens is 310 g/mol. The number of halogens is 1. The Kier molecular flexibility index (Phi) is 3.28. The van der Waals surface area contributed by atoms with Crippen molar-refractivity contribution in [2.24, 2.45) is 0 Å². The number of fused-ring (bicyclic) bond motifs is 1. The first-order valence-corrected chi connectivity index (χ1v) is 7.49. The Hall–Kier alpha value is -2.79. The standard InChI is InChI=1S/C17H12ClN5/c1-10-3-2-4-15(21-10)16-11(9-20-23-16)13-5-6-14-17(22-13)12(18)7-8-19-14/h2-9H,1H3,(H,20,23). The molecule has 4 rings (SSSR count). The molecule has 4 heterocycles. The van der Waals surface area contributed by atoms with Gasteiger partial charge in [-0.15, -0.1) is 0 Å². The third-order valence-electron chi connectivity index (χ3n) is 3.59. The lowest BCUT2D eigenvalue weighted by atomic mass is 10.1. The van der Waals surface area contributed by atoms with E-state index in [0.717, 1.165) is 33.9 Å². The van der Waals surface area contributed by atoms with Gasteiger partial charge in [0, 0.05) is 17.5 Å². The number of pyridine rings is 3. The topological polar surface area (TPSA) is 67.3 Å². The largest absolute Gasteiger partial charge is 0.276 e. The summed E-state index contributed by atoms with van der Waals surface area (Å²) in [5.74, 6) is 0. The van der Waals surface area contributed by atoms with E-state index < -0.39 is 0 Å². The maximum Gasteiger partial charge on any atom is 0.108 e. The Bertz CT molecular complexity index is 1010. The minimum absolute atomic E-state index is 0.579. The van der Waals surface area contributed by atoms with Crippen molar-refractivity contribution in [3.8, 4) is 22.6 Å². The van der Waals surface area contributed by atoms with Gasteiger partial charge in [0.25, 0.3) is 0 Å². The molecule has 6 heteroatoms. The van der Waals surface area contributed by atoms with Crippen LogP contribution in [0, 0.1) is 6.92 Å². The summed E-state index contributed by atoms with van der Waals surface area (Å²) in [5, 5.41) is 7.74. The first-order valence-electron chi connectivity index (χ1n) is 7.11. The van der Waals surface area contributed by atoms with E-state index >= 15 is 0 Å². The van der Waals surface area contributed by atoms with Crippen molar-refractivity contribution in [1.29, 1.82) is 0 Å². The fourth-order valence-corrected chi connectivity index (χ4v) is 2.70. The van der Waals surface area contributed by atoms with Crippen molar-refractivity contribution in [3.63, 3.8) is 0 Å². The molecule has 5 nitrogen and oxygen atoms in total. The number of rotatable bonds is 2. The maximum atomic E-state index is 6.23. The van der Waals surface area contributed by atoms with Crippen LogP contribution in [0.1, 0.15) is 5.69 Å². The highest BCUT2D eigenvalue weighted by Gasteiger charge is 2.13. The molecule has 0 fully saturated rings. The summed E-state index contributed by atoms with van der Waals surface area (Å²) in [6, 6.07) is 11.4. The van der Waals surface area contributed by atoms with Gasteiger partial charge < -0.3 is 0 Å². The van der Waals surface area contributed by atoms with Crippen molar-refractivity contribution >= 4 is 22.6 Å². The van der Waals surface area contributed by atoms with Crippen molar-refractivity contribution in [2.45, 2.75) is 6.92 Å². The predicted molar refractivity (Wildman–Crippen MR) is 90.1 cm³/mol. The summed E-state index contributed by atoms with van der Waals surface area (Å²) in [4.78, 5) is 13.5. The van der Waals surface area contributed by atoms with Crippen LogP contribution in [0.2, 0.25) is 5.02 Å². The molecule has 0 amide bonds. The van der Waals surface area contributed by atoms with E-state index in [2.05, 4.69) is 25.1 Å². The second-order valence-electron chi connectivity index (χ2n) is 5.18. The maximum absolute atomic E-state index is 6.23. The van der Waals surface area contributed by atoms with E-state index in [4.69, 9.17) is 11.6 Å². The van der Waals surface area contributed by atoms with Gasteiger partial charge in [0.2, 0.25) is 0 Å². The van der Waals surface area contributed by atoms with Gasteiger partial charge >= 0.3 is 0 Å². The second kappa shape index (κ2) is 5.44. The molecule has 0 aliphatic rings. The van der Waals surface area contributed by atoms with Crippen molar-refractivity contribution in [1.82, 2.24) is 25.1 Å². The van der Waals surface area contributed by atoms with Crippen LogP contribution in [0.15, 0.2) is 48.8 Å². The summed E-state index contributed by atoms with van der Waals surface area (Å²) in [6.45, 7) is 1.96. The average Bonchev–Trinajstić information content (AvgIpc) is 3.05. The molecular formula is C17H12ClN5. The molecule has 4 aromatic heterocycles. The van der Waals surface area contributed by atoms with E-state index in [9.17, 15) is 0 Å². The molecule has 0 bridgehead atoms. The Morgan fingerprint density at radius 2 is 1.91 bits per heavy atom. The summed E-state index contributed by atoms with van der Waals surface area (Å²) < 4.78 is 0. The third kappa shape index (κ3) is 2.45. The van der Waals surface area contributed by atoms with Crippen molar-refractivity contribution < 1.29 is 0 Å². The molecule has 0 radical (unpaired) electrons. The summed E-state index contributed by atoms with van der Waals surface area (Å²) in [6.07, 6.45) is 3.42. The highest BCUT2D eigenvalue weighted by Crippen LogP contribution is 2.30. The number of aromatic amines is 1. The lowest BCUT2D eigenvalue weighted by molar-refractivity contribution is 1.08. The van der Waals surface area contributed by atoms with Crippen LogP contribution in [0.4, 0.5) is 0 Å². The van der Waals surface area contributed by atoms with Gasteiger partial charge in [-0.05, 0) is 37.3 Å². The van der Waals surface area contributed by atoms with Crippen LogP contribution in [0.25, 0.3) is 33.7 Å². The average molecular weight is 322 g/mol. The van der Waals surface area contributed by atoms with Crippen LogP contribution in [-0.4, -0.2) is 25.1 Å². The Labute approximate surface area is 137 Å². The van der Waals surface area contributed by atoms with Crippen LogP contribution < -0.4 is 0 Å². The van der Waals surface area contributed by atoms with Crippen LogP contribution in [-0.2, 0) is 0 Å². The number of aryl methyl sites for hydroxylation is 1. The first kappa shape index (κ1) is 13.8. The minimum Gasteiger partial charge on any atom is -0.276 e. The van der Waals surface area contributed by atoms with Gasteiger partial charge in [-0.3, -0.25) is 15.1 Å². The highest BCUT2D eigenvalue weighted by molar-refractivity contribution is 6.34. The lowest BCUT2D eigenvalue weighted by Crippen LogP contribution is -1.91. The summed E-state index contributed by atoms with van der Waals surface area (Å²) in [7, 11) is 0. The Balaban J connectivity index is 1.89. The van der Waals surface area contributed by atoms with Gasteiger partial charge in [-0.2, -0.15) is 5.10 Å². The van der Waals surface area contributed by atoms with Crippen LogP contribution in [0.3, 0.4) is 0 Å². The van der Waals surface area contributed by atoms with E-state index in [0.29, 0.717) is 10.5 Å². The molecule has 4 aromatic rings. The van der Waals surface area contributed by atoms with Crippen LogP contribution in [0.5, 0.6) is 0 Å². The second-order valence-corrected chi connectivity index (χ2v) is 5.59. The monoisotopic (exact) mass is 321 g/mol. The van der Waals surface area contributed by atoms with Crippen molar-refractivity contribution in [3.05, 3.63) is 59.5 Å². The number of aromatic nitrogens is 5. The minimum atomic E-state index is 0.579. The van der Waals surface area contributed by atoms with Gasteiger partial charge in [0.05, 0.1) is 33.8 Å². The normalized spacial score (nSPS) is 11.0.